The first-order valence-electron chi connectivity index (χ1n) is 19.6. The van der Waals surface area contributed by atoms with Crippen LogP contribution in [0.2, 0.25) is 0 Å². The third kappa shape index (κ3) is 10.7. The van der Waals surface area contributed by atoms with E-state index >= 15 is 0 Å². The van der Waals surface area contributed by atoms with Crippen molar-refractivity contribution < 1.29 is 23.7 Å². The molecule has 0 saturated carbocycles. The van der Waals surface area contributed by atoms with E-state index in [1.807, 2.05) is 18.2 Å². The van der Waals surface area contributed by atoms with E-state index < -0.39 is 33.3 Å². The zero-order valence-corrected chi connectivity index (χ0v) is 36.1. The topological polar surface area (TPSA) is 46.2 Å². The molecule has 0 fully saturated rings. The first-order valence-corrected chi connectivity index (χ1v) is 20.8. The minimum atomic E-state index is -0.648. The molecule has 56 heavy (non-hydrogen) atoms. The Morgan fingerprint density at radius 3 is 1.41 bits per heavy atom. The summed E-state index contributed by atoms with van der Waals surface area (Å²) in [5.74, 6) is 3.64. The minimum Gasteiger partial charge on any atom is -0.488 e. The summed E-state index contributed by atoms with van der Waals surface area (Å²) in [6.45, 7) is 25.2. The summed E-state index contributed by atoms with van der Waals surface area (Å²) in [7, 11) is -0.648. The highest BCUT2D eigenvalue weighted by molar-refractivity contribution is 7.97. The number of hydrogen-bond donors (Lipinski definition) is 0. The van der Waals surface area contributed by atoms with Crippen LogP contribution in [0, 0.1) is 0 Å². The van der Waals surface area contributed by atoms with Crippen molar-refractivity contribution in [1.29, 1.82) is 0 Å². The molecule has 294 valence electrons. The Balaban J connectivity index is 1.44. The van der Waals surface area contributed by atoms with E-state index in [1.165, 1.54) is 27.1 Å². The molecule has 0 aliphatic rings. The molecule has 0 atom stereocenters. The molecule has 0 N–H and O–H groups in total. The number of fused-ring (bicyclic) bond motifs is 2. The number of hydrogen-bond acceptors (Lipinski definition) is 5. The van der Waals surface area contributed by atoms with E-state index in [9.17, 15) is 0 Å². The second kappa shape index (κ2) is 16.0. The summed E-state index contributed by atoms with van der Waals surface area (Å²) in [5, 5.41) is 4.99. The molecule has 0 aliphatic heterocycles. The van der Waals surface area contributed by atoms with Crippen LogP contribution in [0.4, 0.5) is 0 Å². The molecular formula is C50H59O5S+. The van der Waals surface area contributed by atoms with E-state index in [0.29, 0.717) is 29.6 Å². The molecule has 0 aromatic heterocycles. The van der Waals surface area contributed by atoms with Crippen molar-refractivity contribution in [2.45, 2.75) is 127 Å². The number of para-hydroxylation sites is 1. The lowest BCUT2D eigenvalue weighted by Crippen LogP contribution is -2.27. The quantitative estimate of drug-likeness (QED) is 0.0969. The Morgan fingerprint density at radius 1 is 0.411 bits per heavy atom. The lowest BCUT2D eigenvalue weighted by atomic mass is 9.98. The van der Waals surface area contributed by atoms with E-state index in [1.54, 1.807) is 0 Å². The summed E-state index contributed by atoms with van der Waals surface area (Å²) >= 11 is 0. The van der Waals surface area contributed by atoms with Gasteiger partial charge in [-0.25, -0.2) is 0 Å². The molecule has 0 saturated heterocycles. The molecule has 6 aromatic carbocycles. The van der Waals surface area contributed by atoms with E-state index in [0.717, 1.165) is 26.9 Å². The molecule has 6 heteroatoms. The fraction of sp³-hybridized carbons (Fsp3) is 0.360. The first-order chi connectivity index (χ1) is 26.2. The maximum absolute atomic E-state index is 6.80. The largest absolute Gasteiger partial charge is 0.488 e. The normalized spacial score (nSPS) is 12.6. The van der Waals surface area contributed by atoms with Gasteiger partial charge in [-0.05, 0) is 159 Å². The molecular weight excluding hydrogens is 713 g/mol. The zero-order valence-electron chi connectivity index (χ0n) is 35.3. The van der Waals surface area contributed by atoms with Gasteiger partial charge in [0.15, 0.2) is 38.5 Å². The van der Waals surface area contributed by atoms with Crippen molar-refractivity contribution in [2.75, 3.05) is 6.61 Å². The van der Waals surface area contributed by atoms with Crippen molar-refractivity contribution in [3.8, 4) is 28.7 Å². The van der Waals surface area contributed by atoms with Crippen LogP contribution in [0.5, 0.6) is 28.7 Å². The minimum absolute atomic E-state index is 0.404. The third-order valence-corrected chi connectivity index (χ3v) is 10.7. The number of ether oxygens (including phenoxy) is 5. The standard InChI is InChI=1S/C50H59O5S/c1-47(2,3)52-41-26-24-38(32-44(41)54-49(7,8)9)56(39-25-27-42(53-48(4,5)6)45(33-39)55-50(10,11)12)46-23-16-15-22-43(46)51-29-28-34-20-17-21-37-30-35-18-13-14-19-36(35)31-40(34)37/h13-27,30-33H,28-29H2,1-12H3/q+1. The average Bonchev–Trinajstić information content (AvgIpc) is 3.08. The number of benzene rings is 6. The van der Waals surface area contributed by atoms with Crippen LogP contribution in [-0.4, -0.2) is 29.0 Å². The lowest BCUT2D eigenvalue weighted by Gasteiger charge is -2.28. The molecule has 0 aliphatic carbocycles. The fourth-order valence-corrected chi connectivity index (χ4v) is 8.71. The molecule has 0 radical (unpaired) electrons. The molecule has 0 heterocycles. The highest BCUT2D eigenvalue weighted by atomic mass is 32.2. The van der Waals surface area contributed by atoms with Crippen molar-refractivity contribution in [3.05, 3.63) is 121 Å². The molecule has 0 unspecified atom stereocenters. The van der Waals surface area contributed by atoms with E-state index in [2.05, 4.69) is 180 Å². The predicted molar refractivity (Wildman–Crippen MR) is 234 cm³/mol. The van der Waals surface area contributed by atoms with Gasteiger partial charge >= 0.3 is 0 Å². The van der Waals surface area contributed by atoms with Gasteiger partial charge in [0.1, 0.15) is 33.3 Å². The van der Waals surface area contributed by atoms with Crippen molar-refractivity contribution in [2.24, 2.45) is 0 Å². The summed E-state index contributed by atoms with van der Waals surface area (Å²) < 4.78 is 32.9. The van der Waals surface area contributed by atoms with Crippen LogP contribution in [0.3, 0.4) is 0 Å². The smallest absolute Gasteiger partial charge is 0.208 e. The van der Waals surface area contributed by atoms with Crippen molar-refractivity contribution >= 4 is 32.4 Å². The highest BCUT2D eigenvalue weighted by Gasteiger charge is 2.36. The third-order valence-electron chi connectivity index (χ3n) is 8.50. The Kier molecular flexibility index (Phi) is 11.7. The van der Waals surface area contributed by atoms with Gasteiger partial charge in [0.2, 0.25) is 4.90 Å². The molecule has 5 nitrogen and oxygen atoms in total. The van der Waals surface area contributed by atoms with Gasteiger partial charge in [0, 0.05) is 18.6 Å². The monoisotopic (exact) mass is 771 g/mol. The van der Waals surface area contributed by atoms with Gasteiger partial charge in [0.05, 0.1) is 6.61 Å². The Morgan fingerprint density at radius 2 is 0.875 bits per heavy atom. The summed E-state index contributed by atoms with van der Waals surface area (Å²) in [4.78, 5) is 3.19. The molecule has 6 rings (SSSR count). The van der Waals surface area contributed by atoms with E-state index in [-0.39, 0.29) is 0 Å². The van der Waals surface area contributed by atoms with Crippen LogP contribution in [-0.2, 0) is 17.3 Å². The average molecular weight is 772 g/mol. The van der Waals surface area contributed by atoms with Crippen LogP contribution in [0.15, 0.2) is 130 Å². The Hall–Kier alpha value is -4.81. The molecule has 0 amide bonds. The predicted octanol–water partition coefficient (Wildman–Crippen LogP) is 13.4. The van der Waals surface area contributed by atoms with E-state index in [4.69, 9.17) is 23.7 Å². The van der Waals surface area contributed by atoms with Gasteiger partial charge < -0.3 is 23.7 Å². The van der Waals surface area contributed by atoms with Crippen LogP contribution >= 0.6 is 0 Å². The van der Waals surface area contributed by atoms with Gasteiger partial charge in [-0.1, -0.05) is 54.6 Å². The maximum Gasteiger partial charge on any atom is 0.208 e. The van der Waals surface area contributed by atoms with Crippen LogP contribution in [0.1, 0.15) is 88.6 Å². The van der Waals surface area contributed by atoms with Crippen LogP contribution in [0.25, 0.3) is 21.5 Å². The van der Waals surface area contributed by atoms with Gasteiger partial charge in [-0.15, -0.1) is 0 Å². The zero-order chi connectivity index (χ0) is 40.5. The summed E-state index contributed by atoms with van der Waals surface area (Å²) in [6, 6.07) is 40.7. The van der Waals surface area contributed by atoms with Gasteiger partial charge in [-0.3, -0.25) is 0 Å². The van der Waals surface area contributed by atoms with Gasteiger partial charge in [0.25, 0.3) is 0 Å². The van der Waals surface area contributed by atoms with Gasteiger partial charge in [-0.2, -0.15) is 0 Å². The SMILES string of the molecule is CC(C)(C)Oc1ccc([S+](c2ccc(OC(C)(C)C)c(OC(C)(C)C)c2)c2ccccc2OCCc2cccc3cc4ccccc4cc23)cc1OC(C)(C)C. The molecule has 0 spiro atoms. The second-order valence-electron chi connectivity index (χ2n) is 18.3. The Labute approximate surface area is 337 Å². The van der Waals surface area contributed by atoms with Crippen molar-refractivity contribution in [1.82, 2.24) is 0 Å². The summed E-state index contributed by atoms with van der Waals surface area (Å²) in [6.07, 6.45) is 0.766. The highest BCUT2D eigenvalue weighted by Crippen LogP contribution is 2.44. The lowest BCUT2D eigenvalue weighted by molar-refractivity contribution is 0.0953. The fourth-order valence-electron chi connectivity index (χ4n) is 6.53. The van der Waals surface area contributed by atoms with Crippen molar-refractivity contribution in [3.63, 3.8) is 0 Å². The van der Waals surface area contributed by atoms with Crippen LogP contribution < -0.4 is 23.7 Å². The molecule has 6 aromatic rings. The molecule has 0 bridgehead atoms. The summed E-state index contributed by atoms with van der Waals surface area (Å²) in [5.41, 5.74) is -0.428. The first kappa shape index (κ1) is 40.8. The Bertz CT molecular complexity index is 2220. The second-order valence-corrected chi connectivity index (χ2v) is 20.3. The number of rotatable bonds is 11. The maximum atomic E-state index is 6.80.